The van der Waals surface area contributed by atoms with Gasteiger partial charge in [-0.25, -0.2) is 9.59 Å². The second-order valence-electron chi connectivity index (χ2n) is 34.4. The molecule has 0 aromatic heterocycles. The maximum Gasteiger partial charge on any atom is 0.335 e. The van der Waals surface area contributed by atoms with Crippen molar-refractivity contribution in [3.8, 4) is 0 Å². The number of carboxylic acids is 1. The van der Waals surface area contributed by atoms with E-state index in [9.17, 15) is 85.9 Å². The number of esters is 2. The van der Waals surface area contributed by atoms with Gasteiger partial charge in [0, 0.05) is 35.7 Å². The standard InChI is InChI=1S/C77H114O31/c1-14-34(2)36(4)96-61-62(102-47(82)21-20-39-18-16-15-17-19-39)77-44(28-70(61,7)8)76(108-69(77)93)27-23-43-72(11)25-24-45(71(9,10)42(72)22-26-73(43,12)74(76,13)29-46(77)98-38(6)81)101-67-59(107-64-53(88)51(86)49(84)40(30-78)99-64)55(54(89)56(104-67)63(91)92)103-66-58(52(87)50(85)41(31-79)100-66)105-65-57(48(83)35(3)37(5)97-65)106-68-60(90)75(94,32-80)33-95-68/h14-21,35,37,40-46,48-62,64-69,78-80,83-90,93-94H,4,22-33H2,1-3,5-13H3,(H,91,92)/b21-20+,34-14-/t35-,37-,40+,41+,42?,43?,44-,45-,46+,48+,49-,50-,51-,52-,53+,54-,55-,56-,57+,58?,59+,60-,61-,62?,64?,65-,66-,67+,68-,69+,72-,73+,74-,75+,76-,77?/m0/s1. The van der Waals surface area contributed by atoms with Gasteiger partial charge in [-0.1, -0.05) is 98.4 Å². The minimum absolute atomic E-state index is 0.104. The maximum atomic E-state index is 14.5. The quantitative estimate of drug-likeness (QED) is 0.0269. The largest absolute Gasteiger partial charge is 0.486 e. The van der Waals surface area contributed by atoms with Crippen molar-refractivity contribution in [3.63, 3.8) is 0 Å². The predicted molar refractivity (Wildman–Crippen MR) is 371 cm³/mol. The molecule has 31 heteroatoms. The van der Waals surface area contributed by atoms with Crippen LogP contribution < -0.4 is 0 Å². The SMILES string of the molecule is C=C(O[C@H]1C(OC(=O)/C=C/c2ccccc2)C23[C@H](O)O[C@@]4(CCC5[C@@]6(C)CC[C@H](O[C@@H]7O[C@H](C(=O)O)[C@@H](O)[C@H](O[C@@H]8O[C@H](CO)[C@H](O)[C@H](O)C8O[C@@H]8O[C@@H](C)[C@H](C)[C@@H](O)[C@H]8O[C@@H]8OC[C@](O)(CO)[C@H]8O)[C@H]7OC7O[C@H](CO)[C@H](O)[C@H](O)[C@H]7O)C(C)(C)C6CC[C@@]5(C)[C@]4(C)C[C@H]2OC(C)=O)[C@@H]3CC1(C)C)/C(C)=C\C. The second kappa shape index (κ2) is 30.8. The molecule has 608 valence electrons. The summed E-state index contributed by atoms with van der Waals surface area (Å²) >= 11 is 0. The summed E-state index contributed by atoms with van der Waals surface area (Å²) in [6, 6.07) is 9.24. The van der Waals surface area contributed by atoms with E-state index in [0.29, 0.717) is 44.3 Å². The van der Waals surface area contributed by atoms with Crippen LogP contribution in [0, 0.1) is 56.2 Å². The molecule has 6 heterocycles. The highest BCUT2D eigenvalue weighted by atomic mass is 16.8. The first-order chi connectivity index (χ1) is 50.7. The third-order valence-corrected chi connectivity index (χ3v) is 27.9. The molecule has 1 spiro atoms. The summed E-state index contributed by atoms with van der Waals surface area (Å²) in [6.07, 6.45) is -37.5. The molecule has 6 unspecified atom stereocenters. The number of aliphatic carboxylic acids is 1. The highest BCUT2D eigenvalue weighted by Crippen LogP contribution is 2.82. The average Bonchev–Trinajstić information content (AvgIpc) is 1.41. The number of carbonyl (C=O) groups excluding carboxylic acids is 2. The average molecular weight is 1540 g/mol. The number of hydrogen-bond acceptors (Lipinski definition) is 30. The lowest BCUT2D eigenvalue weighted by atomic mass is 9.30. The Bertz CT molecular complexity index is 3450. The van der Waals surface area contributed by atoms with Crippen molar-refractivity contribution in [2.45, 2.75) is 305 Å². The van der Waals surface area contributed by atoms with Crippen LogP contribution in [0.4, 0.5) is 0 Å². The first kappa shape index (κ1) is 83.1. The zero-order valence-electron chi connectivity index (χ0n) is 63.3. The minimum atomic E-state index is -2.34. The Kier molecular flexibility index (Phi) is 23.7. The molecule has 5 aliphatic carbocycles. The molecule has 11 aliphatic rings. The first-order valence-electron chi connectivity index (χ1n) is 37.9. The summed E-state index contributed by atoms with van der Waals surface area (Å²) in [5, 5.41) is 159. The van der Waals surface area contributed by atoms with E-state index in [1.807, 2.05) is 78.0 Å². The van der Waals surface area contributed by atoms with E-state index in [-0.39, 0.29) is 24.7 Å². The van der Waals surface area contributed by atoms with Gasteiger partial charge in [0.05, 0.1) is 50.3 Å². The van der Waals surface area contributed by atoms with Crippen molar-refractivity contribution in [1.82, 2.24) is 0 Å². The normalized spacial score (nSPS) is 49.7. The minimum Gasteiger partial charge on any atom is -0.486 e. The molecule has 31 nitrogen and oxygen atoms in total. The summed E-state index contributed by atoms with van der Waals surface area (Å²) in [5.41, 5.74) is -7.14. The topological polar surface area (TPSA) is 464 Å². The summed E-state index contributed by atoms with van der Waals surface area (Å²) in [6.45, 7) is 23.9. The predicted octanol–water partition coefficient (Wildman–Crippen LogP) is 1.11. The van der Waals surface area contributed by atoms with Crippen LogP contribution in [0.1, 0.15) is 140 Å². The van der Waals surface area contributed by atoms with Crippen molar-refractivity contribution in [1.29, 1.82) is 0 Å². The number of benzene rings is 1. The molecule has 1 aromatic carbocycles. The van der Waals surface area contributed by atoms with Crippen molar-refractivity contribution in [2.75, 3.05) is 26.4 Å². The van der Waals surface area contributed by atoms with Crippen LogP contribution in [0.2, 0.25) is 0 Å². The zero-order valence-corrected chi connectivity index (χ0v) is 63.3. The van der Waals surface area contributed by atoms with Gasteiger partial charge < -0.3 is 138 Å². The van der Waals surface area contributed by atoms with E-state index in [0.717, 1.165) is 11.1 Å². The first-order valence-corrected chi connectivity index (χ1v) is 37.9. The molecule has 14 N–H and O–H groups in total. The van der Waals surface area contributed by atoms with E-state index >= 15 is 0 Å². The van der Waals surface area contributed by atoms with E-state index in [2.05, 4.69) is 27.4 Å². The van der Waals surface area contributed by atoms with Crippen LogP contribution in [0.15, 0.2) is 60.4 Å². The Hall–Kier alpha value is -4.31. The van der Waals surface area contributed by atoms with Crippen molar-refractivity contribution in [3.05, 3.63) is 66.0 Å². The number of carbonyl (C=O) groups is 3. The number of rotatable bonds is 21. The van der Waals surface area contributed by atoms with Crippen LogP contribution in [0.5, 0.6) is 0 Å². The molecule has 0 amide bonds. The summed E-state index contributed by atoms with van der Waals surface area (Å²) < 4.78 is 90.3. The monoisotopic (exact) mass is 1530 g/mol. The van der Waals surface area contributed by atoms with Gasteiger partial charge in [0.15, 0.2) is 49.9 Å². The Balaban J connectivity index is 0.872. The van der Waals surface area contributed by atoms with Gasteiger partial charge in [-0.15, -0.1) is 0 Å². The second-order valence-corrected chi connectivity index (χ2v) is 34.4. The number of ether oxygens (including phenoxy) is 14. The Labute approximate surface area is 627 Å². The highest BCUT2D eigenvalue weighted by molar-refractivity contribution is 5.87. The summed E-state index contributed by atoms with van der Waals surface area (Å²) in [4.78, 5) is 42.0. The fourth-order valence-electron chi connectivity index (χ4n) is 21.5. The third kappa shape index (κ3) is 13.7. The van der Waals surface area contributed by atoms with Gasteiger partial charge in [0.1, 0.15) is 108 Å². The number of allylic oxidation sites excluding steroid dienone is 2. The third-order valence-electron chi connectivity index (χ3n) is 27.9. The molecular formula is C77H114O31. The molecule has 0 radical (unpaired) electrons. The molecule has 11 fully saturated rings. The number of carboxylic acid groups (broad SMARTS) is 1. The lowest BCUT2D eigenvalue weighted by Crippen LogP contribution is -2.77. The fraction of sp³-hybridized carbons (Fsp3) is 0.805. The smallest absolute Gasteiger partial charge is 0.335 e. The van der Waals surface area contributed by atoms with E-state index < -0.39 is 260 Å². The Morgan fingerprint density at radius 1 is 0.611 bits per heavy atom. The Morgan fingerprint density at radius 2 is 1.21 bits per heavy atom. The van der Waals surface area contributed by atoms with Crippen molar-refractivity contribution in [2.24, 2.45) is 56.2 Å². The van der Waals surface area contributed by atoms with Crippen LogP contribution in [-0.2, 0) is 80.7 Å². The molecule has 2 bridgehead atoms. The molecule has 1 aromatic rings. The van der Waals surface area contributed by atoms with Gasteiger partial charge in [0.25, 0.3) is 0 Å². The van der Waals surface area contributed by atoms with Gasteiger partial charge in [0.2, 0.25) is 0 Å². The number of hydrogen-bond donors (Lipinski definition) is 14. The van der Waals surface area contributed by atoms with Crippen LogP contribution in [-0.4, -0.2) is 287 Å². The van der Waals surface area contributed by atoms with Gasteiger partial charge in [-0.2, -0.15) is 0 Å². The highest BCUT2D eigenvalue weighted by Gasteiger charge is 2.86. The van der Waals surface area contributed by atoms with Gasteiger partial charge in [-0.3, -0.25) is 4.79 Å². The molecule has 12 rings (SSSR count). The van der Waals surface area contributed by atoms with E-state index in [1.54, 1.807) is 19.9 Å². The number of aliphatic hydroxyl groups excluding tert-OH is 12. The summed E-state index contributed by atoms with van der Waals surface area (Å²) in [7, 11) is 0. The summed E-state index contributed by atoms with van der Waals surface area (Å²) in [5.74, 6) is -4.39. The lowest BCUT2D eigenvalue weighted by molar-refractivity contribution is -0.408. The molecule has 6 saturated heterocycles. The lowest BCUT2D eigenvalue weighted by Gasteiger charge is -2.75. The van der Waals surface area contributed by atoms with E-state index in [4.69, 9.17) is 66.3 Å². The van der Waals surface area contributed by atoms with Crippen molar-refractivity contribution < 1.29 is 152 Å². The number of aliphatic hydroxyl groups is 13. The van der Waals surface area contributed by atoms with Crippen LogP contribution in [0.3, 0.4) is 0 Å². The van der Waals surface area contributed by atoms with Gasteiger partial charge in [-0.05, 0) is 117 Å². The molecular weight excluding hydrogens is 1420 g/mol. The molecule has 6 aliphatic heterocycles. The molecule has 36 atom stereocenters. The maximum absolute atomic E-state index is 14.5. The Morgan fingerprint density at radius 3 is 1.84 bits per heavy atom. The molecule has 108 heavy (non-hydrogen) atoms. The van der Waals surface area contributed by atoms with Crippen molar-refractivity contribution >= 4 is 24.0 Å². The van der Waals surface area contributed by atoms with Crippen LogP contribution >= 0.6 is 0 Å². The number of fused-ring (bicyclic) bond motifs is 4. The van der Waals surface area contributed by atoms with Gasteiger partial charge >= 0.3 is 17.9 Å². The fourth-order valence-corrected chi connectivity index (χ4v) is 21.5. The zero-order chi connectivity index (χ0) is 78.8. The molecule has 5 saturated carbocycles. The van der Waals surface area contributed by atoms with E-state index in [1.165, 1.54) is 13.0 Å². The van der Waals surface area contributed by atoms with Crippen LogP contribution in [0.25, 0.3) is 6.08 Å².